The molecule has 0 saturated carbocycles. The first kappa shape index (κ1) is 12.3. The van der Waals surface area contributed by atoms with Crippen LogP contribution < -0.4 is 0 Å². The van der Waals surface area contributed by atoms with Crippen LogP contribution in [0.3, 0.4) is 0 Å². The number of aliphatic hydroxyl groups is 2. The van der Waals surface area contributed by atoms with Crippen LogP contribution in [0, 0.1) is 0 Å². The van der Waals surface area contributed by atoms with Crippen molar-refractivity contribution in [3.63, 3.8) is 0 Å². The van der Waals surface area contributed by atoms with E-state index in [1.807, 2.05) is 19.9 Å². The summed E-state index contributed by atoms with van der Waals surface area (Å²) in [4.78, 5) is 10.2. The van der Waals surface area contributed by atoms with Crippen LogP contribution in [0.5, 0.6) is 0 Å². The number of allylic oxidation sites excluding steroid dienone is 2. The number of carbonyl (C=O) groups is 1. The zero-order chi connectivity index (χ0) is 10.5. The predicted molar refractivity (Wildman–Crippen MR) is 51.4 cm³/mol. The van der Waals surface area contributed by atoms with Gasteiger partial charge < -0.3 is 15.0 Å². The highest BCUT2D eigenvalue weighted by Crippen LogP contribution is 2.16. The molecular formula is C10H18O3. The van der Waals surface area contributed by atoms with Crippen molar-refractivity contribution >= 4 is 6.29 Å². The lowest BCUT2D eigenvalue weighted by molar-refractivity contribution is -0.129. The summed E-state index contributed by atoms with van der Waals surface area (Å²) in [5.74, 6) is 0. The maximum Gasteiger partial charge on any atom is 0.151 e. The van der Waals surface area contributed by atoms with Gasteiger partial charge in [0.2, 0.25) is 0 Å². The Morgan fingerprint density at radius 2 is 2.08 bits per heavy atom. The molecule has 0 aliphatic rings. The molecule has 0 aromatic carbocycles. The third-order valence-corrected chi connectivity index (χ3v) is 1.97. The highest BCUT2D eigenvalue weighted by molar-refractivity contribution is 5.57. The van der Waals surface area contributed by atoms with Gasteiger partial charge in [0.05, 0.1) is 5.60 Å². The fourth-order valence-electron chi connectivity index (χ4n) is 0.948. The van der Waals surface area contributed by atoms with Crippen LogP contribution in [0.25, 0.3) is 0 Å². The molecule has 3 nitrogen and oxygen atoms in total. The molecule has 0 aromatic heterocycles. The average molecular weight is 186 g/mol. The van der Waals surface area contributed by atoms with Gasteiger partial charge in [-0.25, -0.2) is 0 Å². The Morgan fingerprint density at radius 3 is 2.46 bits per heavy atom. The van der Waals surface area contributed by atoms with Gasteiger partial charge in [-0.05, 0) is 33.6 Å². The molecule has 13 heavy (non-hydrogen) atoms. The largest absolute Gasteiger partial charge is 0.387 e. The van der Waals surface area contributed by atoms with E-state index >= 15 is 0 Å². The van der Waals surface area contributed by atoms with Gasteiger partial charge in [0.1, 0.15) is 6.10 Å². The minimum atomic E-state index is -1.31. The highest BCUT2D eigenvalue weighted by Gasteiger charge is 2.28. The lowest BCUT2D eigenvalue weighted by Gasteiger charge is -2.24. The van der Waals surface area contributed by atoms with Gasteiger partial charge in [-0.3, -0.25) is 0 Å². The van der Waals surface area contributed by atoms with Crippen LogP contribution in [-0.4, -0.2) is 28.2 Å². The summed E-state index contributed by atoms with van der Waals surface area (Å²) in [7, 11) is 0. The first-order valence-corrected chi connectivity index (χ1v) is 4.39. The van der Waals surface area contributed by atoms with Gasteiger partial charge >= 0.3 is 0 Å². The topological polar surface area (TPSA) is 57.5 Å². The van der Waals surface area contributed by atoms with Crippen LogP contribution in [0.4, 0.5) is 0 Å². The Labute approximate surface area is 79.1 Å². The number of aldehydes is 1. The van der Waals surface area contributed by atoms with Crippen molar-refractivity contribution in [1.82, 2.24) is 0 Å². The molecule has 0 bridgehead atoms. The summed E-state index contributed by atoms with van der Waals surface area (Å²) in [6.07, 6.45) is 2.09. The highest BCUT2D eigenvalue weighted by atomic mass is 16.3. The molecule has 0 spiro atoms. The van der Waals surface area contributed by atoms with E-state index in [4.69, 9.17) is 5.11 Å². The smallest absolute Gasteiger partial charge is 0.151 e. The summed E-state index contributed by atoms with van der Waals surface area (Å²) < 4.78 is 0. The molecule has 0 aliphatic heterocycles. The fraction of sp³-hybridized carbons (Fsp3) is 0.700. The Balaban J connectivity index is 4.03. The second kappa shape index (κ2) is 5.14. The van der Waals surface area contributed by atoms with Crippen molar-refractivity contribution in [3.05, 3.63) is 11.6 Å². The number of hydrogen-bond donors (Lipinski definition) is 2. The first-order valence-electron chi connectivity index (χ1n) is 4.39. The quantitative estimate of drug-likeness (QED) is 0.498. The zero-order valence-electron chi connectivity index (χ0n) is 8.45. The van der Waals surface area contributed by atoms with E-state index in [1.165, 1.54) is 6.92 Å². The van der Waals surface area contributed by atoms with Crippen molar-refractivity contribution in [2.75, 3.05) is 0 Å². The molecule has 0 amide bonds. The lowest BCUT2D eigenvalue weighted by Crippen LogP contribution is -2.40. The molecule has 2 N–H and O–H groups in total. The minimum Gasteiger partial charge on any atom is -0.387 e. The summed E-state index contributed by atoms with van der Waals surface area (Å²) in [6, 6.07) is 0. The second-order valence-electron chi connectivity index (χ2n) is 3.76. The van der Waals surface area contributed by atoms with Gasteiger partial charge in [-0.15, -0.1) is 0 Å². The van der Waals surface area contributed by atoms with Crippen LogP contribution in [-0.2, 0) is 4.79 Å². The minimum absolute atomic E-state index is 0.364. The van der Waals surface area contributed by atoms with Gasteiger partial charge in [0, 0.05) is 0 Å². The maximum atomic E-state index is 10.2. The normalized spacial score (nSPS) is 17.3. The number of hydrogen-bond acceptors (Lipinski definition) is 3. The van der Waals surface area contributed by atoms with E-state index in [0.717, 1.165) is 5.57 Å². The van der Waals surface area contributed by atoms with Crippen molar-refractivity contribution in [3.8, 4) is 0 Å². The molecule has 76 valence electrons. The van der Waals surface area contributed by atoms with Crippen molar-refractivity contribution in [1.29, 1.82) is 0 Å². The fourth-order valence-corrected chi connectivity index (χ4v) is 0.948. The third-order valence-electron chi connectivity index (χ3n) is 1.97. The molecule has 0 fully saturated rings. The van der Waals surface area contributed by atoms with Gasteiger partial charge in [0.15, 0.2) is 6.29 Å². The number of carbonyl (C=O) groups excluding carboxylic acids is 1. The van der Waals surface area contributed by atoms with E-state index in [-0.39, 0.29) is 0 Å². The van der Waals surface area contributed by atoms with Gasteiger partial charge in [-0.1, -0.05) is 11.6 Å². The molecular weight excluding hydrogens is 168 g/mol. The number of aliphatic hydroxyl groups excluding tert-OH is 1. The van der Waals surface area contributed by atoms with Gasteiger partial charge in [0.25, 0.3) is 0 Å². The molecule has 0 rings (SSSR count). The molecule has 0 saturated heterocycles. The zero-order valence-corrected chi connectivity index (χ0v) is 8.45. The van der Waals surface area contributed by atoms with E-state index in [1.54, 1.807) is 0 Å². The molecule has 3 heteroatoms. The SMILES string of the molecule is CC(C)=CCCC(C)(O)C(O)C=O. The summed E-state index contributed by atoms with van der Waals surface area (Å²) in [5.41, 5.74) is -0.148. The van der Waals surface area contributed by atoms with E-state index < -0.39 is 11.7 Å². The number of rotatable bonds is 5. The molecule has 0 aliphatic carbocycles. The molecule has 2 unspecified atom stereocenters. The van der Waals surface area contributed by atoms with Crippen LogP contribution in [0.1, 0.15) is 33.6 Å². The monoisotopic (exact) mass is 186 g/mol. The Bertz CT molecular complexity index is 190. The van der Waals surface area contributed by atoms with Crippen molar-refractivity contribution in [2.45, 2.75) is 45.3 Å². The summed E-state index contributed by atoms with van der Waals surface area (Å²) in [5, 5.41) is 18.7. The van der Waals surface area contributed by atoms with E-state index in [9.17, 15) is 9.90 Å². The van der Waals surface area contributed by atoms with Crippen LogP contribution >= 0.6 is 0 Å². The molecule has 2 atom stereocenters. The first-order chi connectivity index (χ1) is 5.90. The Hall–Kier alpha value is -0.670. The standard InChI is InChI=1S/C10H18O3/c1-8(2)5-4-6-10(3,13)9(12)7-11/h5,7,9,12-13H,4,6H2,1-3H3. The van der Waals surface area contributed by atoms with Gasteiger partial charge in [-0.2, -0.15) is 0 Å². The summed E-state index contributed by atoms with van der Waals surface area (Å²) >= 11 is 0. The molecule has 0 heterocycles. The Kier molecular flexibility index (Phi) is 4.88. The predicted octanol–water partition coefficient (Wildman–Crippen LogP) is 1.04. The molecule has 0 radical (unpaired) electrons. The lowest BCUT2D eigenvalue weighted by atomic mass is 9.94. The van der Waals surface area contributed by atoms with Crippen LogP contribution in [0.15, 0.2) is 11.6 Å². The molecule has 0 aromatic rings. The average Bonchev–Trinajstić information content (AvgIpc) is 2.01. The van der Waals surface area contributed by atoms with E-state index in [0.29, 0.717) is 19.1 Å². The van der Waals surface area contributed by atoms with Crippen molar-refractivity contribution in [2.24, 2.45) is 0 Å². The van der Waals surface area contributed by atoms with E-state index in [2.05, 4.69) is 0 Å². The third kappa shape index (κ3) is 4.80. The maximum absolute atomic E-state index is 10.2. The Morgan fingerprint density at radius 1 is 1.54 bits per heavy atom. The second-order valence-corrected chi connectivity index (χ2v) is 3.76. The van der Waals surface area contributed by atoms with Crippen LogP contribution in [0.2, 0.25) is 0 Å². The van der Waals surface area contributed by atoms with Crippen molar-refractivity contribution < 1.29 is 15.0 Å². The summed E-state index contributed by atoms with van der Waals surface area (Å²) in [6.45, 7) is 5.39.